The largest absolute Gasteiger partial charge is 0.0622 e. The summed E-state index contributed by atoms with van der Waals surface area (Å²) in [6.45, 7) is 9.34. The Bertz CT molecular complexity index is 1210. The second kappa shape index (κ2) is 6.99. The van der Waals surface area contributed by atoms with E-state index in [2.05, 4.69) is 119 Å². The molecule has 0 atom stereocenters. The number of benzene rings is 4. The maximum absolute atomic E-state index is 2.44. The van der Waals surface area contributed by atoms with Gasteiger partial charge in [0.1, 0.15) is 0 Å². The van der Waals surface area contributed by atoms with Gasteiger partial charge in [-0.3, -0.25) is 0 Å². The molecule has 1 aliphatic rings. The van der Waals surface area contributed by atoms with E-state index in [0.717, 1.165) is 0 Å². The molecule has 148 valence electrons. The first-order valence-electron chi connectivity index (χ1n) is 10.9. The zero-order valence-electron chi connectivity index (χ0n) is 18.2. The molecular formula is C30H28. The molecule has 0 spiro atoms. The minimum Gasteiger partial charge on any atom is -0.0622 e. The summed E-state index contributed by atoms with van der Waals surface area (Å²) < 4.78 is 0. The van der Waals surface area contributed by atoms with Crippen molar-refractivity contribution in [2.45, 2.75) is 39.0 Å². The third-order valence-corrected chi connectivity index (χ3v) is 6.65. The Morgan fingerprint density at radius 1 is 0.600 bits per heavy atom. The fourth-order valence-electron chi connectivity index (χ4n) is 5.05. The molecule has 0 aliphatic heterocycles. The van der Waals surface area contributed by atoms with Gasteiger partial charge in [0.2, 0.25) is 0 Å². The quantitative estimate of drug-likeness (QED) is 0.330. The molecule has 4 aromatic carbocycles. The SMILES string of the molecule is CC(C)c1ccc2c(c1)C(C)(C)c1c-2ccc(-c2ccccc2)c1-c1ccccc1. The minimum atomic E-state index is -0.0501. The van der Waals surface area contributed by atoms with Gasteiger partial charge in [-0.05, 0) is 56.0 Å². The van der Waals surface area contributed by atoms with Crippen molar-refractivity contribution in [3.63, 3.8) is 0 Å². The van der Waals surface area contributed by atoms with Gasteiger partial charge in [-0.1, -0.05) is 119 Å². The van der Waals surface area contributed by atoms with E-state index in [1.807, 2.05) is 0 Å². The maximum atomic E-state index is 2.44. The lowest BCUT2D eigenvalue weighted by atomic mass is 9.76. The third kappa shape index (κ3) is 2.82. The molecule has 0 nitrogen and oxygen atoms in total. The lowest BCUT2D eigenvalue weighted by molar-refractivity contribution is 0.660. The summed E-state index contributed by atoms with van der Waals surface area (Å²) >= 11 is 0. The van der Waals surface area contributed by atoms with E-state index in [-0.39, 0.29) is 5.41 Å². The highest BCUT2D eigenvalue weighted by Crippen LogP contribution is 2.54. The highest BCUT2D eigenvalue weighted by atomic mass is 14.4. The molecular weight excluding hydrogens is 360 g/mol. The van der Waals surface area contributed by atoms with Crippen LogP contribution < -0.4 is 0 Å². The van der Waals surface area contributed by atoms with Crippen LogP contribution in [-0.2, 0) is 5.41 Å². The van der Waals surface area contributed by atoms with Crippen molar-refractivity contribution in [2.24, 2.45) is 0 Å². The summed E-state index contributed by atoms with van der Waals surface area (Å²) in [4.78, 5) is 0. The molecule has 30 heavy (non-hydrogen) atoms. The summed E-state index contributed by atoms with van der Waals surface area (Å²) in [6, 6.07) is 33.4. The smallest absolute Gasteiger partial charge is 0.0165 e. The third-order valence-electron chi connectivity index (χ3n) is 6.65. The van der Waals surface area contributed by atoms with E-state index in [0.29, 0.717) is 5.92 Å². The van der Waals surface area contributed by atoms with Crippen molar-refractivity contribution >= 4 is 0 Å². The first-order chi connectivity index (χ1) is 14.5. The Hall–Kier alpha value is -3.12. The topological polar surface area (TPSA) is 0 Å². The van der Waals surface area contributed by atoms with Gasteiger partial charge < -0.3 is 0 Å². The van der Waals surface area contributed by atoms with Crippen LogP contribution in [0.25, 0.3) is 33.4 Å². The van der Waals surface area contributed by atoms with Crippen LogP contribution in [0.3, 0.4) is 0 Å². The van der Waals surface area contributed by atoms with E-state index >= 15 is 0 Å². The molecule has 0 aromatic heterocycles. The standard InChI is InChI=1S/C30H28/c1-20(2)23-15-16-25-26-18-17-24(21-11-7-5-8-12-21)28(22-13-9-6-10-14-22)29(26)30(3,4)27(25)19-23/h5-20H,1-4H3. The highest BCUT2D eigenvalue weighted by molar-refractivity contribution is 5.95. The van der Waals surface area contributed by atoms with Gasteiger partial charge in [0.15, 0.2) is 0 Å². The zero-order chi connectivity index (χ0) is 20.9. The predicted molar refractivity (Wildman–Crippen MR) is 129 cm³/mol. The molecule has 0 unspecified atom stereocenters. The van der Waals surface area contributed by atoms with Crippen LogP contribution in [0.4, 0.5) is 0 Å². The summed E-state index contributed by atoms with van der Waals surface area (Å²) in [7, 11) is 0. The van der Waals surface area contributed by atoms with Crippen LogP contribution in [0, 0.1) is 0 Å². The van der Waals surface area contributed by atoms with Crippen molar-refractivity contribution in [2.75, 3.05) is 0 Å². The van der Waals surface area contributed by atoms with Crippen molar-refractivity contribution in [3.05, 3.63) is 108 Å². The fraction of sp³-hybridized carbons (Fsp3) is 0.200. The summed E-state index contributed by atoms with van der Waals surface area (Å²) in [5.41, 5.74) is 12.3. The summed E-state index contributed by atoms with van der Waals surface area (Å²) in [5, 5.41) is 0. The normalized spacial score (nSPS) is 13.9. The molecule has 0 amide bonds. The molecule has 5 rings (SSSR count). The van der Waals surface area contributed by atoms with Crippen LogP contribution in [0.2, 0.25) is 0 Å². The van der Waals surface area contributed by atoms with Gasteiger partial charge in [0.25, 0.3) is 0 Å². The van der Waals surface area contributed by atoms with Crippen molar-refractivity contribution in [1.29, 1.82) is 0 Å². The average molecular weight is 389 g/mol. The average Bonchev–Trinajstić information content (AvgIpc) is 3.01. The lowest BCUT2D eigenvalue weighted by Gasteiger charge is -2.27. The second-order valence-corrected chi connectivity index (χ2v) is 9.23. The Kier molecular flexibility index (Phi) is 4.40. The van der Waals surface area contributed by atoms with Gasteiger partial charge in [-0.15, -0.1) is 0 Å². The summed E-state index contributed by atoms with van der Waals surface area (Å²) in [6.07, 6.45) is 0. The summed E-state index contributed by atoms with van der Waals surface area (Å²) in [5.74, 6) is 0.531. The first kappa shape index (κ1) is 18.9. The Morgan fingerprint density at radius 2 is 1.17 bits per heavy atom. The fourth-order valence-corrected chi connectivity index (χ4v) is 5.05. The number of rotatable bonds is 3. The molecule has 0 N–H and O–H groups in total. The Morgan fingerprint density at radius 3 is 1.80 bits per heavy atom. The van der Waals surface area contributed by atoms with Crippen molar-refractivity contribution < 1.29 is 0 Å². The van der Waals surface area contributed by atoms with Crippen molar-refractivity contribution in [3.8, 4) is 33.4 Å². The molecule has 1 aliphatic carbocycles. The second-order valence-electron chi connectivity index (χ2n) is 9.23. The zero-order valence-corrected chi connectivity index (χ0v) is 18.2. The molecule has 4 aromatic rings. The predicted octanol–water partition coefficient (Wildman–Crippen LogP) is 8.45. The highest BCUT2D eigenvalue weighted by Gasteiger charge is 2.38. The van der Waals surface area contributed by atoms with E-state index in [1.54, 1.807) is 0 Å². The monoisotopic (exact) mass is 388 g/mol. The van der Waals surface area contributed by atoms with Gasteiger partial charge in [0, 0.05) is 5.41 Å². The minimum absolute atomic E-state index is 0.0501. The van der Waals surface area contributed by atoms with Crippen LogP contribution in [0.15, 0.2) is 91.0 Å². The van der Waals surface area contributed by atoms with Crippen LogP contribution in [0.5, 0.6) is 0 Å². The van der Waals surface area contributed by atoms with E-state index < -0.39 is 0 Å². The number of fused-ring (bicyclic) bond motifs is 3. The Balaban J connectivity index is 1.85. The van der Waals surface area contributed by atoms with Gasteiger partial charge in [-0.25, -0.2) is 0 Å². The number of hydrogen-bond donors (Lipinski definition) is 0. The van der Waals surface area contributed by atoms with Crippen molar-refractivity contribution in [1.82, 2.24) is 0 Å². The van der Waals surface area contributed by atoms with Crippen LogP contribution in [-0.4, -0.2) is 0 Å². The van der Waals surface area contributed by atoms with Crippen LogP contribution >= 0.6 is 0 Å². The van der Waals surface area contributed by atoms with Gasteiger partial charge in [0.05, 0.1) is 0 Å². The number of hydrogen-bond acceptors (Lipinski definition) is 0. The van der Waals surface area contributed by atoms with E-state index in [4.69, 9.17) is 0 Å². The maximum Gasteiger partial charge on any atom is 0.0165 e. The molecule has 0 bridgehead atoms. The van der Waals surface area contributed by atoms with Gasteiger partial charge >= 0.3 is 0 Å². The van der Waals surface area contributed by atoms with Crippen LogP contribution in [0.1, 0.15) is 50.3 Å². The molecule has 0 radical (unpaired) electrons. The van der Waals surface area contributed by atoms with E-state index in [9.17, 15) is 0 Å². The molecule has 0 heteroatoms. The molecule has 0 saturated heterocycles. The lowest BCUT2D eigenvalue weighted by Crippen LogP contribution is -2.17. The molecule has 0 saturated carbocycles. The van der Waals surface area contributed by atoms with Gasteiger partial charge in [-0.2, -0.15) is 0 Å². The first-order valence-corrected chi connectivity index (χ1v) is 10.9. The molecule has 0 heterocycles. The molecule has 0 fully saturated rings. The Labute approximate surface area is 180 Å². The van der Waals surface area contributed by atoms with E-state index in [1.165, 1.54) is 50.1 Å².